The zero-order valence-corrected chi connectivity index (χ0v) is 21.5. The summed E-state index contributed by atoms with van der Waals surface area (Å²) in [5, 5.41) is 3.96. The van der Waals surface area contributed by atoms with Crippen LogP contribution < -0.4 is 5.32 Å². The first-order valence-electron chi connectivity index (χ1n) is 12.4. The van der Waals surface area contributed by atoms with Crippen molar-refractivity contribution in [2.24, 2.45) is 0 Å². The Bertz CT molecular complexity index is 1220. The molecule has 180 valence electrons. The molecule has 3 heterocycles. The van der Waals surface area contributed by atoms with E-state index < -0.39 is 5.54 Å². The highest BCUT2D eigenvalue weighted by molar-refractivity contribution is 7.19. The van der Waals surface area contributed by atoms with Gasteiger partial charge in [0.1, 0.15) is 11.2 Å². The molecule has 1 aliphatic heterocycles. The van der Waals surface area contributed by atoms with Crippen molar-refractivity contribution in [3.05, 3.63) is 57.6 Å². The summed E-state index contributed by atoms with van der Waals surface area (Å²) in [7, 11) is 0. The number of aryl methyl sites for hydroxylation is 1. The molecule has 0 spiro atoms. The largest absolute Gasteiger partial charge is 0.351 e. The van der Waals surface area contributed by atoms with Gasteiger partial charge in [-0.15, -0.1) is 11.3 Å². The molecule has 0 saturated heterocycles. The van der Waals surface area contributed by atoms with Crippen LogP contribution in [0.15, 0.2) is 36.4 Å². The van der Waals surface area contributed by atoms with Gasteiger partial charge in [0.05, 0.1) is 16.8 Å². The van der Waals surface area contributed by atoms with E-state index >= 15 is 0 Å². The molecule has 7 heteroatoms. The second-order valence-electron chi connectivity index (χ2n) is 9.89. The number of nitrogens with zero attached hydrogens (tertiary/aromatic N) is 2. The molecule has 34 heavy (non-hydrogen) atoms. The lowest BCUT2D eigenvalue weighted by atomic mass is 9.93. The van der Waals surface area contributed by atoms with Crippen molar-refractivity contribution in [1.29, 1.82) is 0 Å². The first-order chi connectivity index (χ1) is 16.4. The molecule has 3 aromatic rings. The Morgan fingerprint density at radius 2 is 1.94 bits per heavy atom. The molecule has 1 N–H and O–H groups in total. The molecule has 2 aromatic heterocycles. The fourth-order valence-electron chi connectivity index (χ4n) is 5.39. The van der Waals surface area contributed by atoms with Crippen LogP contribution >= 0.6 is 22.9 Å². The number of hydrogen-bond acceptors (Lipinski definition) is 3. The van der Waals surface area contributed by atoms with Crippen LogP contribution in [0.5, 0.6) is 0 Å². The molecule has 1 fully saturated rings. The third-order valence-corrected chi connectivity index (χ3v) is 8.88. The third kappa shape index (κ3) is 4.27. The predicted octanol–water partition coefficient (Wildman–Crippen LogP) is 6.17. The zero-order chi connectivity index (χ0) is 23.9. The number of thiophene rings is 1. The van der Waals surface area contributed by atoms with E-state index in [2.05, 4.69) is 22.9 Å². The SMILES string of the molecule is CCc1cc2c(cc3n2C[C@@](C)(C(=O)NC2CCCCCC2)N(Cc2cccc(Cl)c2)C3=O)s1. The molecule has 1 aliphatic carbocycles. The molecule has 5 nitrogen and oxygen atoms in total. The molecular formula is C27H32ClN3O2S. The first kappa shape index (κ1) is 23.4. The van der Waals surface area contributed by atoms with E-state index in [4.69, 9.17) is 11.6 Å². The lowest BCUT2D eigenvalue weighted by Crippen LogP contribution is -2.64. The Morgan fingerprint density at radius 1 is 1.18 bits per heavy atom. The fourth-order valence-corrected chi connectivity index (χ4v) is 6.65. The number of nitrogens with one attached hydrogen (secondary N) is 1. The average molecular weight is 498 g/mol. The highest BCUT2D eigenvalue weighted by Crippen LogP contribution is 2.37. The van der Waals surface area contributed by atoms with Gasteiger partial charge in [0, 0.05) is 22.5 Å². The lowest BCUT2D eigenvalue weighted by molar-refractivity contribution is -0.134. The van der Waals surface area contributed by atoms with Crippen molar-refractivity contribution in [3.63, 3.8) is 0 Å². The predicted molar refractivity (Wildman–Crippen MR) is 139 cm³/mol. The van der Waals surface area contributed by atoms with E-state index in [1.54, 1.807) is 16.2 Å². The summed E-state index contributed by atoms with van der Waals surface area (Å²) < 4.78 is 3.17. The number of carbonyl (C=O) groups excluding carboxylic acids is 2. The van der Waals surface area contributed by atoms with E-state index in [1.165, 1.54) is 17.7 Å². The second kappa shape index (κ2) is 9.38. The number of carbonyl (C=O) groups is 2. The number of aromatic nitrogens is 1. The number of hydrogen-bond donors (Lipinski definition) is 1. The fraction of sp³-hybridized carbons (Fsp3) is 0.481. The van der Waals surface area contributed by atoms with E-state index in [1.807, 2.05) is 37.3 Å². The van der Waals surface area contributed by atoms with Crippen LogP contribution in [0.3, 0.4) is 0 Å². The van der Waals surface area contributed by atoms with E-state index in [0.717, 1.165) is 47.9 Å². The average Bonchev–Trinajstić information content (AvgIpc) is 3.25. The van der Waals surface area contributed by atoms with Crippen molar-refractivity contribution in [3.8, 4) is 0 Å². The highest BCUT2D eigenvalue weighted by Gasteiger charge is 2.48. The summed E-state index contributed by atoms with van der Waals surface area (Å²) in [4.78, 5) is 30.8. The number of rotatable bonds is 5. The second-order valence-corrected chi connectivity index (χ2v) is 11.5. The van der Waals surface area contributed by atoms with Gasteiger partial charge in [0.25, 0.3) is 5.91 Å². The Kier molecular flexibility index (Phi) is 6.47. The minimum Gasteiger partial charge on any atom is -0.351 e. The number of fused-ring (bicyclic) bond motifs is 3. The van der Waals surface area contributed by atoms with Gasteiger partial charge >= 0.3 is 0 Å². The van der Waals surface area contributed by atoms with Gasteiger partial charge in [-0.2, -0.15) is 0 Å². The molecular weight excluding hydrogens is 466 g/mol. The Balaban J connectivity index is 1.53. The van der Waals surface area contributed by atoms with Gasteiger partial charge in [-0.25, -0.2) is 0 Å². The van der Waals surface area contributed by atoms with Gasteiger partial charge < -0.3 is 14.8 Å². The molecule has 1 atom stereocenters. The molecule has 0 radical (unpaired) electrons. The molecule has 2 amide bonds. The maximum absolute atomic E-state index is 13.9. The van der Waals surface area contributed by atoms with Crippen molar-refractivity contribution < 1.29 is 9.59 Å². The Morgan fingerprint density at radius 3 is 2.65 bits per heavy atom. The summed E-state index contributed by atoms with van der Waals surface area (Å²) in [6.07, 6.45) is 7.72. The molecule has 2 aliphatic rings. The molecule has 0 bridgehead atoms. The minimum atomic E-state index is -1.00. The zero-order valence-electron chi connectivity index (χ0n) is 19.9. The van der Waals surface area contributed by atoms with Crippen LogP contribution in [0.4, 0.5) is 0 Å². The third-order valence-electron chi connectivity index (χ3n) is 7.42. The maximum atomic E-state index is 13.9. The summed E-state index contributed by atoms with van der Waals surface area (Å²) in [6, 6.07) is 11.9. The van der Waals surface area contributed by atoms with Gasteiger partial charge in [0.2, 0.25) is 5.91 Å². The van der Waals surface area contributed by atoms with Crippen LogP contribution in [0, 0.1) is 0 Å². The van der Waals surface area contributed by atoms with E-state index in [-0.39, 0.29) is 17.9 Å². The van der Waals surface area contributed by atoms with Crippen LogP contribution in [-0.4, -0.2) is 32.9 Å². The van der Waals surface area contributed by atoms with Crippen molar-refractivity contribution >= 4 is 45.0 Å². The van der Waals surface area contributed by atoms with Gasteiger partial charge in [-0.05, 0) is 56.0 Å². The normalized spacial score (nSPS) is 21.5. The van der Waals surface area contributed by atoms with Crippen LogP contribution in [-0.2, 0) is 24.3 Å². The monoisotopic (exact) mass is 497 g/mol. The van der Waals surface area contributed by atoms with Crippen molar-refractivity contribution in [2.75, 3.05) is 0 Å². The van der Waals surface area contributed by atoms with Gasteiger partial charge in [-0.1, -0.05) is 56.3 Å². The standard InChI is InChI=1S/C27H32ClN3O2S/c1-3-21-14-22-24(34-21)15-23-25(32)31(16-18-9-8-10-19(28)13-18)27(2,17-30(22)23)26(33)29-20-11-6-4-5-7-12-20/h8-10,13-15,20H,3-7,11-12,16-17H2,1-2H3,(H,29,33)/t27-/m0/s1. The van der Waals surface area contributed by atoms with Crippen LogP contribution in [0.2, 0.25) is 5.02 Å². The number of benzene rings is 1. The number of amides is 2. The van der Waals surface area contributed by atoms with Crippen LogP contribution in [0.25, 0.3) is 10.2 Å². The van der Waals surface area contributed by atoms with Crippen molar-refractivity contribution in [1.82, 2.24) is 14.8 Å². The number of halogens is 1. The lowest BCUT2D eigenvalue weighted by Gasteiger charge is -2.44. The summed E-state index contributed by atoms with van der Waals surface area (Å²) in [5.74, 6) is -0.167. The van der Waals surface area contributed by atoms with Crippen molar-refractivity contribution in [2.45, 2.75) is 83.5 Å². The topological polar surface area (TPSA) is 54.3 Å². The maximum Gasteiger partial charge on any atom is 0.271 e. The summed E-state index contributed by atoms with van der Waals surface area (Å²) in [6.45, 7) is 4.84. The molecule has 5 rings (SSSR count). The quantitative estimate of drug-likeness (QED) is 0.428. The van der Waals surface area contributed by atoms with Crippen LogP contribution in [0.1, 0.15) is 73.3 Å². The van der Waals surface area contributed by atoms with Gasteiger partial charge in [0.15, 0.2) is 0 Å². The smallest absolute Gasteiger partial charge is 0.271 e. The Labute approximate surface area is 210 Å². The first-order valence-corrected chi connectivity index (χ1v) is 13.6. The summed E-state index contributed by atoms with van der Waals surface area (Å²) >= 11 is 7.97. The molecule has 0 unspecified atom stereocenters. The Hall–Kier alpha value is -2.31. The van der Waals surface area contributed by atoms with Gasteiger partial charge in [-0.3, -0.25) is 9.59 Å². The molecule has 1 saturated carbocycles. The highest BCUT2D eigenvalue weighted by atomic mass is 35.5. The summed E-state index contributed by atoms with van der Waals surface area (Å²) in [5.41, 5.74) is 1.63. The minimum absolute atomic E-state index is 0.0618. The molecule has 1 aromatic carbocycles. The van der Waals surface area contributed by atoms with E-state index in [0.29, 0.717) is 23.8 Å². The van der Waals surface area contributed by atoms with E-state index in [9.17, 15) is 9.59 Å².